The molecule has 0 bridgehead atoms. The summed E-state index contributed by atoms with van der Waals surface area (Å²) in [6.45, 7) is 5.32. The number of alkyl halides is 1. The van der Waals surface area contributed by atoms with E-state index in [2.05, 4.69) is 33.0 Å². The highest BCUT2D eigenvalue weighted by molar-refractivity contribution is 9.10. The number of rotatable bonds is 2. The second-order valence-electron chi connectivity index (χ2n) is 4.26. The van der Waals surface area contributed by atoms with Gasteiger partial charge in [-0.15, -0.1) is 0 Å². The number of para-hydroxylation sites is 1. The molecule has 0 N–H and O–H groups in total. The fraction of sp³-hybridized carbons (Fsp3) is 0.462. The van der Waals surface area contributed by atoms with Crippen molar-refractivity contribution in [2.45, 2.75) is 11.8 Å². The van der Waals surface area contributed by atoms with Crippen LogP contribution in [0.3, 0.4) is 0 Å². The number of carbonyl (C=O) groups excluding carboxylic acids is 1. The number of hydrogen-bond acceptors (Lipinski definition) is 2. The predicted molar refractivity (Wildman–Crippen MR) is 73.6 cm³/mol. The molecule has 1 aromatic rings. The molecule has 0 spiro atoms. The van der Waals surface area contributed by atoms with E-state index in [0.717, 1.165) is 26.2 Å². The maximum Gasteiger partial charge on any atom is 0.236 e. The van der Waals surface area contributed by atoms with Gasteiger partial charge >= 0.3 is 0 Å². The van der Waals surface area contributed by atoms with Crippen molar-refractivity contribution in [2.24, 2.45) is 0 Å². The summed E-state index contributed by atoms with van der Waals surface area (Å²) in [5.41, 5.74) is 1.24. The molecule has 0 aromatic heterocycles. The van der Waals surface area contributed by atoms with Gasteiger partial charge < -0.3 is 9.80 Å². The Morgan fingerprint density at radius 2 is 1.76 bits per heavy atom. The number of benzene rings is 1. The van der Waals surface area contributed by atoms with E-state index in [-0.39, 0.29) is 10.7 Å². The zero-order valence-electron chi connectivity index (χ0n) is 9.97. The fourth-order valence-corrected chi connectivity index (χ4v) is 2.36. The van der Waals surface area contributed by atoms with Gasteiger partial charge in [-0.3, -0.25) is 4.79 Å². The van der Waals surface area contributed by atoms with Crippen LogP contribution >= 0.6 is 15.9 Å². The van der Waals surface area contributed by atoms with Gasteiger partial charge in [0.2, 0.25) is 5.91 Å². The Morgan fingerprint density at radius 1 is 1.18 bits per heavy atom. The van der Waals surface area contributed by atoms with Gasteiger partial charge in [-0.25, -0.2) is 0 Å². The van der Waals surface area contributed by atoms with E-state index >= 15 is 0 Å². The number of piperazine rings is 1. The number of carbonyl (C=O) groups is 1. The molecule has 1 amide bonds. The third kappa shape index (κ3) is 3.00. The minimum Gasteiger partial charge on any atom is -0.368 e. The first-order chi connectivity index (χ1) is 8.18. The molecular formula is C13H17BrN2O. The Labute approximate surface area is 111 Å². The number of hydrogen-bond donors (Lipinski definition) is 0. The monoisotopic (exact) mass is 296 g/mol. The van der Waals surface area contributed by atoms with Gasteiger partial charge in [-0.05, 0) is 19.1 Å². The summed E-state index contributed by atoms with van der Waals surface area (Å²) < 4.78 is 0. The number of halogens is 1. The topological polar surface area (TPSA) is 23.6 Å². The molecule has 0 aliphatic carbocycles. The summed E-state index contributed by atoms with van der Waals surface area (Å²) in [5.74, 6) is 0.192. The Balaban J connectivity index is 1.93. The lowest BCUT2D eigenvalue weighted by Crippen LogP contribution is -2.50. The van der Waals surface area contributed by atoms with E-state index in [0.29, 0.717) is 0 Å². The van der Waals surface area contributed by atoms with E-state index < -0.39 is 0 Å². The average Bonchev–Trinajstić information content (AvgIpc) is 2.39. The van der Waals surface area contributed by atoms with Crippen LogP contribution < -0.4 is 4.90 Å². The molecular weight excluding hydrogens is 280 g/mol. The lowest BCUT2D eigenvalue weighted by atomic mass is 10.2. The number of amides is 1. The van der Waals surface area contributed by atoms with Gasteiger partial charge in [0, 0.05) is 31.9 Å². The highest BCUT2D eigenvalue weighted by atomic mass is 79.9. The number of nitrogens with zero attached hydrogens (tertiary/aromatic N) is 2. The zero-order valence-corrected chi connectivity index (χ0v) is 11.6. The van der Waals surface area contributed by atoms with E-state index in [4.69, 9.17) is 0 Å². The Kier molecular flexibility index (Phi) is 4.05. The lowest BCUT2D eigenvalue weighted by molar-refractivity contribution is -0.130. The van der Waals surface area contributed by atoms with Crippen LogP contribution in [0.1, 0.15) is 6.92 Å². The van der Waals surface area contributed by atoms with Crippen LogP contribution in [0.25, 0.3) is 0 Å². The Morgan fingerprint density at radius 3 is 2.29 bits per heavy atom. The predicted octanol–water partition coefficient (Wildman–Crippen LogP) is 2.12. The molecule has 0 unspecified atom stereocenters. The number of anilines is 1. The third-order valence-corrected chi connectivity index (χ3v) is 3.44. The standard InChI is InChI=1S/C13H17BrN2O/c1-11(14)13(17)16-9-7-15(8-10-16)12-5-3-2-4-6-12/h2-6,11H,7-10H2,1H3/t11-/m1/s1. The van der Waals surface area contributed by atoms with Crippen LogP contribution in [0.5, 0.6) is 0 Å². The van der Waals surface area contributed by atoms with Crippen molar-refractivity contribution in [3.05, 3.63) is 30.3 Å². The summed E-state index contributed by atoms with van der Waals surface area (Å²) in [7, 11) is 0. The molecule has 1 heterocycles. The molecule has 92 valence electrons. The molecule has 1 fully saturated rings. The largest absolute Gasteiger partial charge is 0.368 e. The van der Waals surface area contributed by atoms with Crippen molar-refractivity contribution >= 4 is 27.5 Å². The summed E-state index contributed by atoms with van der Waals surface area (Å²) in [5, 5.41) is 0. The first kappa shape index (κ1) is 12.4. The highest BCUT2D eigenvalue weighted by Gasteiger charge is 2.23. The smallest absolute Gasteiger partial charge is 0.236 e. The normalized spacial score (nSPS) is 18.0. The summed E-state index contributed by atoms with van der Waals surface area (Å²) in [6, 6.07) is 10.4. The Hall–Kier alpha value is -1.03. The average molecular weight is 297 g/mol. The van der Waals surface area contributed by atoms with Crippen molar-refractivity contribution in [3.63, 3.8) is 0 Å². The lowest BCUT2D eigenvalue weighted by Gasteiger charge is -2.36. The maximum absolute atomic E-state index is 11.8. The molecule has 1 aliphatic heterocycles. The molecule has 1 saturated heterocycles. The highest BCUT2D eigenvalue weighted by Crippen LogP contribution is 2.16. The molecule has 1 atom stereocenters. The molecule has 0 radical (unpaired) electrons. The van der Waals surface area contributed by atoms with Gasteiger partial charge in [0.25, 0.3) is 0 Å². The zero-order chi connectivity index (χ0) is 12.3. The fourth-order valence-electron chi connectivity index (χ4n) is 2.08. The quantitative estimate of drug-likeness (QED) is 0.781. The van der Waals surface area contributed by atoms with Crippen LogP contribution in [0, 0.1) is 0 Å². The second kappa shape index (κ2) is 5.54. The van der Waals surface area contributed by atoms with Gasteiger partial charge in [-0.2, -0.15) is 0 Å². The SMILES string of the molecule is C[C@@H](Br)C(=O)N1CCN(c2ccccc2)CC1. The van der Waals surface area contributed by atoms with E-state index in [1.54, 1.807) is 0 Å². The molecule has 17 heavy (non-hydrogen) atoms. The van der Waals surface area contributed by atoms with Gasteiger partial charge in [0.05, 0.1) is 4.83 Å². The molecule has 1 aromatic carbocycles. The van der Waals surface area contributed by atoms with Crippen LogP contribution in [0.4, 0.5) is 5.69 Å². The summed E-state index contributed by atoms with van der Waals surface area (Å²) in [6.07, 6.45) is 0. The van der Waals surface area contributed by atoms with Crippen LogP contribution in [-0.4, -0.2) is 41.8 Å². The third-order valence-electron chi connectivity index (χ3n) is 3.05. The molecule has 1 aliphatic rings. The van der Waals surface area contributed by atoms with Crippen molar-refractivity contribution in [3.8, 4) is 0 Å². The molecule has 0 saturated carbocycles. The minimum absolute atomic E-state index is 0.0780. The summed E-state index contributed by atoms with van der Waals surface area (Å²) >= 11 is 3.33. The van der Waals surface area contributed by atoms with Crippen molar-refractivity contribution in [1.82, 2.24) is 4.90 Å². The minimum atomic E-state index is -0.0780. The first-order valence-corrected chi connectivity index (χ1v) is 6.83. The van der Waals surface area contributed by atoms with E-state index in [1.807, 2.05) is 30.0 Å². The van der Waals surface area contributed by atoms with Crippen LogP contribution in [0.15, 0.2) is 30.3 Å². The molecule has 4 heteroatoms. The van der Waals surface area contributed by atoms with Gasteiger partial charge in [0.15, 0.2) is 0 Å². The molecule has 2 rings (SSSR count). The molecule has 3 nitrogen and oxygen atoms in total. The summed E-state index contributed by atoms with van der Waals surface area (Å²) in [4.78, 5) is 16.0. The van der Waals surface area contributed by atoms with Crippen LogP contribution in [0.2, 0.25) is 0 Å². The first-order valence-electron chi connectivity index (χ1n) is 5.91. The van der Waals surface area contributed by atoms with Crippen LogP contribution in [-0.2, 0) is 4.79 Å². The second-order valence-corrected chi connectivity index (χ2v) is 5.64. The van der Waals surface area contributed by atoms with Gasteiger partial charge in [0.1, 0.15) is 0 Å². The van der Waals surface area contributed by atoms with Crippen molar-refractivity contribution in [1.29, 1.82) is 0 Å². The maximum atomic E-state index is 11.8. The van der Waals surface area contributed by atoms with Crippen molar-refractivity contribution < 1.29 is 4.79 Å². The van der Waals surface area contributed by atoms with Gasteiger partial charge in [-0.1, -0.05) is 34.1 Å². The van der Waals surface area contributed by atoms with E-state index in [9.17, 15) is 4.79 Å². The van der Waals surface area contributed by atoms with Crippen molar-refractivity contribution in [2.75, 3.05) is 31.1 Å². The van der Waals surface area contributed by atoms with E-state index in [1.165, 1.54) is 5.69 Å². The Bertz CT molecular complexity index is 372.